The van der Waals surface area contributed by atoms with E-state index in [-0.39, 0.29) is 12.1 Å². The molecule has 0 radical (unpaired) electrons. The molecule has 1 aromatic carbocycles. The molecule has 0 spiro atoms. The zero-order valence-corrected chi connectivity index (χ0v) is 10.1. The molecule has 17 heavy (non-hydrogen) atoms. The van der Waals surface area contributed by atoms with Gasteiger partial charge in [0.05, 0.1) is 12.1 Å². The van der Waals surface area contributed by atoms with Crippen LogP contribution in [0.15, 0.2) is 30.3 Å². The molecule has 88 valence electrons. The number of anilines is 1. The Morgan fingerprint density at radius 1 is 1.29 bits per heavy atom. The number of aromatic nitrogens is 2. The van der Waals surface area contributed by atoms with Crippen LogP contribution in [-0.4, -0.2) is 26.6 Å². The Labute approximate surface area is 104 Å². The third-order valence-corrected chi connectivity index (χ3v) is 3.62. The molecule has 3 rings (SSSR count). The van der Waals surface area contributed by atoms with E-state index in [0.717, 1.165) is 29.4 Å². The third kappa shape index (κ3) is 2.16. The lowest BCUT2D eigenvalue weighted by Crippen LogP contribution is -2.25. The molecule has 2 N–H and O–H groups in total. The van der Waals surface area contributed by atoms with E-state index in [9.17, 15) is 5.11 Å². The first-order valence-corrected chi connectivity index (χ1v) is 6.37. The van der Waals surface area contributed by atoms with Gasteiger partial charge in [0.25, 0.3) is 0 Å². The summed E-state index contributed by atoms with van der Waals surface area (Å²) < 4.78 is 4.32. The zero-order chi connectivity index (χ0) is 11.7. The summed E-state index contributed by atoms with van der Waals surface area (Å²) in [7, 11) is 0. The van der Waals surface area contributed by atoms with Crippen LogP contribution in [0.3, 0.4) is 0 Å². The lowest BCUT2D eigenvalue weighted by Gasteiger charge is -2.11. The highest BCUT2D eigenvalue weighted by atomic mass is 32.1. The zero-order valence-electron chi connectivity index (χ0n) is 9.26. The van der Waals surface area contributed by atoms with Gasteiger partial charge in [0.2, 0.25) is 5.13 Å². The number of rotatable bonds is 4. The maximum Gasteiger partial charge on any atom is 0.203 e. The highest BCUT2D eigenvalue weighted by Crippen LogP contribution is 2.39. The molecule has 2 aromatic rings. The molecule has 0 aliphatic heterocycles. The number of benzene rings is 1. The lowest BCUT2D eigenvalue weighted by molar-refractivity contribution is 0.266. The van der Waals surface area contributed by atoms with Crippen LogP contribution in [0.5, 0.6) is 0 Å². The molecule has 0 atom stereocenters. The van der Waals surface area contributed by atoms with E-state index in [4.69, 9.17) is 0 Å². The Hall–Kier alpha value is -1.46. The number of nitrogens with zero attached hydrogens (tertiary/aromatic N) is 2. The SMILES string of the molecule is OCC1(Nc2nc(-c3ccccc3)ns2)CC1. The van der Waals surface area contributed by atoms with Crippen molar-refractivity contribution in [3.05, 3.63) is 30.3 Å². The number of hydrogen-bond donors (Lipinski definition) is 2. The second-order valence-electron chi connectivity index (χ2n) is 4.35. The summed E-state index contributed by atoms with van der Waals surface area (Å²) in [4.78, 5) is 4.44. The predicted octanol–water partition coefficient (Wildman–Crippen LogP) is 2.14. The minimum atomic E-state index is -0.131. The van der Waals surface area contributed by atoms with E-state index in [1.54, 1.807) is 0 Å². The third-order valence-electron chi connectivity index (χ3n) is 2.99. The van der Waals surface area contributed by atoms with Crippen molar-refractivity contribution in [3.63, 3.8) is 0 Å². The van der Waals surface area contributed by atoms with E-state index >= 15 is 0 Å². The fraction of sp³-hybridized carbons (Fsp3) is 0.333. The normalized spacial score (nSPS) is 16.8. The molecule has 0 amide bonds. The molecule has 0 bridgehead atoms. The van der Waals surface area contributed by atoms with Crippen LogP contribution in [-0.2, 0) is 0 Å². The van der Waals surface area contributed by atoms with Gasteiger partial charge in [-0.1, -0.05) is 30.3 Å². The molecular formula is C12H13N3OS. The second kappa shape index (κ2) is 4.09. The molecule has 1 saturated carbocycles. The average Bonchev–Trinajstić information content (AvgIpc) is 3.00. The first-order valence-electron chi connectivity index (χ1n) is 5.60. The molecule has 1 fully saturated rings. The maximum absolute atomic E-state index is 9.24. The van der Waals surface area contributed by atoms with Crippen molar-refractivity contribution in [1.29, 1.82) is 0 Å². The Kier molecular flexibility index (Phi) is 2.57. The molecular weight excluding hydrogens is 234 g/mol. The quantitative estimate of drug-likeness (QED) is 0.869. The highest BCUT2D eigenvalue weighted by Gasteiger charge is 2.42. The van der Waals surface area contributed by atoms with Crippen LogP contribution in [0.4, 0.5) is 5.13 Å². The van der Waals surface area contributed by atoms with Gasteiger partial charge in [-0.05, 0) is 12.8 Å². The summed E-state index contributed by atoms with van der Waals surface area (Å²) in [5.41, 5.74) is 0.888. The first-order chi connectivity index (χ1) is 8.31. The van der Waals surface area contributed by atoms with Crippen molar-refractivity contribution in [2.24, 2.45) is 0 Å². The van der Waals surface area contributed by atoms with Crippen molar-refractivity contribution in [1.82, 2.24) is 9.36 Å². The van der Waals surface area contributed by atoms with Gasteiger partial charge in [0.15, 0.2) is 5.82 Å². The van der Waals surface area contributed by atoms with Gasteiger partial charge >= 0.3 is 0 Å². The van der Waals surface area contributed by atoms with Crippen molar-refractivity contribution in [3.8, 4) is 11.4 Å². The molecule has 1 aromatic heterocycles. The first kappa shape index (κ1) is 10.7. The van der Waals surface area contributed by atoms with E-state index < -0.39 is 0 Å². The minimum absolute atomic E-state index is 0.131. The number of nitrogens with one attached hydrogen (secondary N) is 1. The number of aliphatic hydroxyl groups excluding tert-OH is 1. The minimum Gasteiger partial charge on any atom is -0.394 e. The van der Waals surface area contributed by atoms with Crippen molar-refractivity contribution in [2.45, 2.75) is 18.4 Å². The maximum atomic E-state index is 9.24. The Morgan fingerprint density at radius 3 is 2.71 bits per heavy atom. The van der Waals surface area contributed by atoms with Crippen LogP contribution in [0.2, 0.25) is 0 Å². The topological polar surface area (TPSA) is 58.0 Å². The van der Waals surface area contributed by atoms with Crippen molar-refractivity contribution < 1.29 is 5.11 Å². The second-order valence-corrected chi connectivity index (χ2v) is 5.10. The van der Waals surface area contributed by atoms with Crippen LogP contribution < -0.4 is 5.32 Å². The Balaban J connectivity index is 1.79. The van der Waals surface area contributed by atoms with Crippen LogP contribution in [0, 0.1) is 0 Å². The summed E-state index contributed by atoms with van der Waals surface area (Å²) in [5, 5.41) is 13.3. The lowest BCUT2D eigenvalue weighted by atomic mass is 10.2. The van der Waals surface area contributed by atoms with Crippen molar-refractivity contribution >= 4 is 16.7 Å². The monoisotopic (exact) mass is 247 g/mol. The number of hydrogen-bond acceptors (Lipinski definition) is 5. The molecule has 1 aliphatic carbocycles. The van der Waals surface area contributed by atoms with Gasteiger partial charge in [0.1, 0.15) is 0 Å². The summed E-state index contributed by atoms with van der Waals surface area (Å²) in [6.45, 7) is 0.160. The number of aliphatic hydroxyl groups is 1. The van der Waals surface area contributed by atoms with E-state index in [1.165, 1.54) is 11.5 Å². The van der Waals surface area contributed by atoms with Gasteiger partial charge in [-0.25, -0.2) is 0 Å². The van der Waals surface area contributed by atoms with Crippen molar-refractivity contribution in [2.75, 3.05) is 11.9 Å². The summed E-state index contributed by atoms with van der Waals surface area (Å²) in [6, 6.07) is 9.90. The molecule has 4 nitrogen and oxygen atoms in total. The summed E-state index contributed by atoms with van der Waals surface area (Å²) in [6.07, 6.45) is 2.01. The highest BCUT2D eigenvalue weighted by molar-refractivity contribution is 7.09. The van der Waals surface area contributed by atoms with E-state index in [1.807, 2.05) is 30.3 Å². The smallest absolute Gasteiger partial charge is 0.203 e. The van der Waals surface area contributed by atoms with Gasteiger partial charge in [0, 0.05) is 17.1 Å². The Morgan fingerprint density at radius 2 is 2.06 bits per heavy atom. The van der Waals surface area contributed by atoms with Gasteiger partial charge < -0.3 is 10.4 Å². The fourth-order valence-electron chi connectivity index (χ4n) is 1.68. The van der Waals surface area contributed by atoms with Gasteiger partial charge in [-0.2, -0.15) is 9.36 Å². The van der Waals surface area contributed by atoms with Gasteiger partial charge in [-0.15, -0.1) is 0 Å². The van der Waals surface area contributed by atoms with E-state index in [2.05, 4.69) is 14.7 Å². The van der Waals surface area contributed by atoms with E-state index in [0.29, 0.717) is 0 Å². The summed E-state index contributed by atoms with van der Waals surface area (Å²) in [5.74, 6) is 0.742. The molecule has 0 unspecified atom stereocenters. The summed E-state index contributed by atoms with van der Waals surface area (Å²) >= 11 is 1.34. The van der Waals surface area contributed by atoms with Gasteiger partial charge in [-0.3, -0.25) is 0 Å². The Bertz CT molecular complexity index is 507. The molecule has 1 heterocycles. The van der Waals surface area contributed by atoms with Crippen LogP contribution in [0.1, 0.15) is 12.8 Å². The van der Waals surface area contributed by atoms with Crippen LogP contribution >= 0.6 is 11.5 Å². The fourth-order valence-corrected chi connectivity index (χ4v) is 2.39. The molecule has 1 aliphatic rings. The average molecular weight is 247 g/mol. The predicted molar refractivity (Wildman–Crippen MR) is 68.0 cm³/mol. The molecule has 0 saturated heterocycles. The molecule has 5 heteroatoms. The largest absolute Gasteiger partial charge is 0.394 e. The standard InChI is InChI=1S/C12H13N3OS/c16-8-12(6-7-12)14-11-13-10(15-17-11)9-4-2-1-3-5-9/h1-5,16H,6-8H2,(H,13,14,15). The van der Waals surface area contributed by atoms with Crippen LogP contribution in [0.25, 0.3) is 11.4 Å².